The number of carboxylic acids is 1. The molecule has 0 spiro atoms. The molecular weight excluding hydrogens is 286 g/mol. The minimum atomic E-state index is -0.874. The minimum absolute atomic E-state index is 0.165. The maximum absolute atomic E-state index is 11.7. The molecule has 106 valence electrons. The highest BCUT2D eigenvalue weighted by molar-refractivity contribution is 8.39. The number of hydrogen-bond acceptors (Lipinski definition) is 6. The first-order chi connectivity index (χ1) is 9.11. The summed E-state index contributed by atoms with van der Waals surface area (Å²) in [7, 11) is 0. The second-order valence-electron chi connectivity index (χ2n) is 4.42. The summed E-state index contributed by atoms with van der Waals surface area (Å²) in [5.74, 6) is 0.535. The van der Waals surface area contributed by atoms with Crippen LogP contribution in [0.4, 0.5) is 0 Å². The number of nitrogens with zero attached hydrogens (tertiary/aromatic N) is 2. The van der Waals surface area contributed by atoms with Gasteiger partial charge in [0, 0.05) is 37.1 Å². The molecule has 2 aliphatic heterocycles. The number of carboxylic acid groups (broad SMARTS) is 1. The number of aliphatic carboxylic acids is 1. The maximum atomic E-state index is 11.7. The average molecular weight is 303 g/mol. The van der Waals surface area contributed by atoms with Gasteiger partial charge in [-0.3, -0.25) is 9.79 Å². The molecule has 8 heteroatoms. The van der Waals surface area contributed by atoms with Gasteiger partial charge in [-0.2, -0.15) is 0 Å². The number of amides is 1. The van der Waals surface area contributed by atoms with Crippen molar-refractivity contribution in [2.24, 2.45) is 10.7 Å². The molecule has 2 atom stereocenters. The van der Waals surface area contributed by atoms with Gasteiger partial charge in [-0.1, -0.05) is 23.5 Å². The summed E-state index contributed by atoms with van der Waals surface area (Å²) in [6.45, 7) is 1.16. The summed E-state index contributed by atoms with van der Waals surface area (Å²) < 4.78 is 0.809. The second-order valence-corrected chi connectivity index (χ2v) is 6.77. The molecule has 19 heavy (non-hydrogen) atoms. The van der Waals surface area contributed by atoms with E-state index in [1.807, 2.05) is 4.90 Å². The Kier molecular flexibility index (Phi) is 5.12. The van der Waals surface area contributed by atoms with Crippen molar-refractivity contribution in [1.29, 1.82) is 0 Å². The van der Waals surface area contributed by atoms with Gasteiger partial charge in [0.25, 0.3) is 0 Å². The average Bonchev–Trinajstić information content (AvgIpc) is 2.98. The van der Waals surface area contributed by atoms with Crippen molar-refractivity contribution in [3.63, 3.8) is 0 Å². The number of rotatable bonds is 5. The fourth-order valence-electron chi connectivity index (χ4n) is 2.13. The fourth-order valence-corrected chi connectivity index (χ4v) is 4.31. The van der Waals surface area contributed by atoms with Gasteiger partial charge in [0.15, 0.2) is 6.04 Å². The smallest absolute Gasteiger partial charge is 0.329 e. The van der Waals surface area contributed by atoms with Gasteiger partial charge in [-0.05, 0) is 6.42 Å². The minimum Gasteiger partial charge on any atom is -0.480 e. The van der Waals surface area contributed by atoms with Crippen LogP contribution in [0.2, 0.25) is 0 Å². The normalized spacial score (nSPS) is 26.9. The van der Waals surface area contributed by atoms with Crippen molar-refractivity contribution in [2.75, 3.05) is 24.6 Å². The Morgan fingerprint density at radius 2 is 2.42 bits per heavy atom. The number of likely N-dealkylation sites (tertiary alicyclic amines) is 1. The van der Waals surface area contributed by atoms with Gasteiger partial charge in [-0.25, -0.2) is 4.79 Å². The third-order valence-corrected chi connectivity index (χ3v) is 5.47. The number of thioether (sulfide) groups is 2. The van der Waals surface area contributed by atoms with Crippen molar-refractivity contribution in [3.05, 3.63) is 0 Å². The lowest BCUT2D eigenvalue weighted by Gasteiger charge is -2.23. The van der Waals surface area contributed by atoms with Crippen LogP contribution in [-0.2, 0) is 9.59 Å². The molecule has 1 fully saturated rings. The first-order valence-electron chi connectivity index (χ1n) is 6.17. The zero-order valence-corrected chi connectivity index (χ0v) is 12.1. The van der Waals surface area contributed by atoms with Crippen molar-refractivity contribution in [3.8, 4) is 0 Å². The van der Waals surface area contributed by atoms with E-state index >= 15 is 0 Å². The molecule has 6 nitrogen and oxygen atoms in total. The summed E-state index contributed by atoms with van der Waals surface area (Å²) in [5.41, 5.74) is 5.64. The molecule has 2 rings (SSSR count). The van der Waals surface area contributed by atoms with Gasteiger partial charge in [0.1, 0.15) is 4.38 Å². The van der Waals surface area contributed by atoms with E-state index in [0.29, 0.717) is 25.3 Å². The summed E-state index contributed by atoms with van der Waals surface area (Å²) in [6.07, 6.45) is 1.43. The lowest BCUT2D eigenvalue weighted by atomic mass is 10.2. The SMILES string of the molecule is NC[C@H]1CCC(=O)N1CCSC1=NC(C(=O)O)CS1. The quantitative estimate of drug-likeness (QED) is 0.754. The third-order valence-electron chi connectivity index (χ3n) is 3.19. The van der Waals surface area contributed by atoms with E-state index in [2.05, 4.69) is 4.99 Å². The summed E-state index contributed by atoms with van der Waals surface area (Å²) in [5, 5.41) is 8.83. The van der Waals surface area contributed by atoms with Crippen LogP contribution in [0.25, 0.3) is 0 Å². The van der Waals surface area contributed by atoms with Gasteiger partial charge in [0.2, 0.25) is 5.91 Å². The zero-order chi connectivity index (χ0) is 13.8. The molecule has 0 aliphatic carbocycles. The van der Waals surface area contributed by atoms with Gasteiger partial charge < -0.3 is 15.7 Å². The Bertz CT molecular complexity index is 403. The molecule has 1 unspecified atom stereocenters. The van der Waals surface area contributed by atoms with Crippen molar-refractivity contribution in [1.82, 2.24) is 4.90 Å². The van der Waals surface area contributed by atoms with Crippen LogP contribution in [0.3, 0.4) is 0 Å². The van der Waals surface area contributed by atoms with Crippen LogP contribution in [0.5, 0.6) is 0 Å². The Morgan fingerprint density at radius 3 is 3.05 bits per heavy atom. The Morgan fingerprint density at radius 1 is 1.63 bits per heavy atom. The molecule has 1 amide bonds. The highest BCUT2D eigenvalue weighted by Crippen LogP contribution is 2.27. The molecular formula is C11H17N3O3S2. The van der Waals surface area contributed by atoms with Crippen LogP contribution in [0.1, 0.15) is 12.8 Å². The standard InChI is InChI=1S/C11H17N3O3S2/c12-5-7-1-2-9(15)14(7)3-4-18-11-13-8(6-19-11)10(16)17/h7-8H,1-6,12H2,(H,16,17)/t7-,8?/m1/s1. The van der Waals surface area contributed by atoms with Crippen molar-refractivity contribution in [2.45, 2.75) is 24.9 Å². The van der Waals surface area contributed by atoms with Crippen LogP contribution >= 0.6 is 23.5 Å². The molecule has 0 bridgehead atoms. The molecule has 0 radical (unpaired) electrons. The van der Waals surface area contributed by atoms with Crippen LogP contribution < -0.4 is 5.73 Å². The van der Waals surface area contributed by atoms with E-state index in [9.17, 15) is 9.59 Å². The van der Waals surface area contributed by atoms with E-state index in [-0.39, 0.29) is 11.9 Å². The monoisotopic (exact) mass is 303 g/mol. The van der Waals surface area contributed by atoms with E-state index in [4.69, 9.17) is 10.8 Å². The van der Waals surface area contributed by atoms with Crippen LogP contribution in [-0.4, -0.2) is 62.9 Å². The Hall–Kier alpha value is -0.730. The fraction of sp³-hybridized carbons (Fsp3) is 0.727. The summed E-state index contributed by atoms with van der Waals surface area (Å²) in [4.78, 5) is 28.4. The van der Waals surface area contributed by atoms with Gasteiger partial charge >= 0.3 is 5.97 Å². The largest absolute Gasteiger partial charge is 0.480 e. The molecule has 1 saturated heterocycles. The Labute approximate surface area is 120 Å². The molecule has 0 aromatic rings. The van der Waals surface area contributed by atoms with Crippen LogP contribution in [0, 0.1) is 0 Å². The van der Waals surface area contributed by atoms with Gasteiger partial charge in [-0.15, -0.1) is 0 Å². The van der Waals surface area contributed by atoms with E-state index < -0.39 is 12.0 Å². The third kappa shape index (κ3) is 3.64. The number of nitrogens with two attached hydrogens (primary N) is 1. The number of aliphatic imine (C=N–C) groups is 1. The molecule has 3 N–H and O–H groups in total. The zero-order valence-electron chi connectivity index (χ0n) is 10.4. The predicted octanol–water partition coefficient (Wildman–Crippen LogP) is 0.225. The number of carbonyl (C=O) groups is 2. The molecule has 0 saturated carbocycles. The topological polar surface area (TPSA) is 96.0 Å². The molecule has 2 aliphatic rings. The highest BCUT2D eigenvalue weighted by Gasteiger charge is 2.30. The Balaban J connectivity index is 1.76. The first-order valence-corrected chi connectivity index (χ1v) is 8.14. The maximum Gasteiger partial charge on any atom is 0.329 e. The lowest BCUT2D eigenvalue weighted by Crippen LogP contribution is -2.39. The predicted molar refractivity (Wildman–Crippen MR) is 77.6 cm³/mol. The number of carbonyl (C=O) groups excluding carboxylic acids is 1. The van der Waals surface area contributed by atoms with Crippen LogP contribution in [0.15, 0.2) is 4.99 Å². The van der Waals surface area contributed by atoms with Crippen molar-refractivity contribution >= 4 is 39.8 Å². The molecule has 0 aromatic carbocycles. The summed E-state index contributed by atoms with van der Waals surface area (Å²) in [6, 6.07) is -0.448. The van der Waals surface area contributed by atoms with Gasteiger partial charge in [0.05, 0.1) is 0 Å². The van der Waals surface area contributed by atoms with Crippen molar-refractivity contribution < 1.29 is 14.7 Å². The highest BCUT2D eigenvalue weighted by atomic mass is 32.2. The second kappa shape index (κ2) is 6.62. The van der Waals surface area contributed by atoms with E-state index in [0.717, 1.165) is 16.5 Å². The summed E-state index contributed by atoms with van der Waals surface area (Å²) >= 11 is 2.99. The van der Waals surface area contributed by atoms with E-state index in [1.165, 1.54) is 23.5 Å². The number of hydrogen-bond donors (Lipinski definition) is 2. The lowest BCUT2D eigenvalue weighted by molar-refractivity contribution is -0.137. The molecule has 2 heterocycles. The molecule has 0 aromatic heterocycles. The van der Waals surface area contributed by atoms with E-state index in [1.54, 1.807) is 0 Å². The first kappa shape index (κ1) is 14.7.